The minimum atomic E-state index is -0.471. The Morgan fingerprint density at radius 3 is 2.47 bits per heavy atom. The fourth-order valence-corrected chi connectivity index (χ4v) is 1.55. The first-order chi connectivity index (χ1) is 7.95. The van der Waals surface area contributed by atoms with Crippen molar-refractivity contribution in [2.45, 2.75) is 39.7 Å². The number of likely N-dealkylation sites (N-methyl/N-ethyl adjacent to an activating group) is 1. The van der Waals surface area contributed by atoms with Gasteiger partial charge < -0.3 is 10.1 Å². The molecule has 17 heavy (non-hydrogen) atoms. The number of nitrogens with one attached hydrogen (secondary N) is 1. The molecule has 1 N–H and O–H groups in total. The van der Waals surface area contributed by atoms with Crippen LogP contribution < -0.4 is 10.1 Å². The van der Waals surface area contributed by atoms with Gasteiger partial charge in [0, 0.05) is 7.05 Å². The number of rotatable bonds is 4. The highest BCUT2D eigenvalue weighted by Gasteiger charge is 2.14. The van der Waals surface area contributed by atoms with E-state index in [0.717, 1.165) is 11.3 Å². The van der Waals surface area contributed by atoms with Crippen molar-refractivity contribution < 1.29 is 9.53 Å². The number of hydrogen-bond donors (Lipinski definition) is 1. The van der Waals surface area contributed by atoms with Gasteiger partial charge in [-0.15, -0.1) is 0 Å². The number of hydrogen-bond acceptors (Lipinski definition) is 2. The molecule has 3 nitrogen and oxygen atoms in total. The molecule has 0 saturated heterocycles. The Labute approximate surface area is 103 Å². The van der Waals surface area contributed by atoms with Crippen LogP contribution in [-0.4, -0.2) is 19.1 Å². The second-order valence-electron chi connectivity index (χ2n) is 4.55. The zero-order valence-corrected chi connectivity index (χ0v) is 11.2. The van der Waals surface area contributed by atoms with Gasteiger partial charge in [-0.2, -0.15) is 0 Å². The molecular weight excluding hydrogens is 214 g/mol. The number of carbonyl (C=O) groups excluding carboxylic acids is 1. The van der Waals surface area contributed by atoms with E-state index in [4.69, 9.17) is 4.74 Å². The number of amides is 1. The van der Waals surface area contributed by atoms with E-state index in [2.05, 4.69) is 25.2 Å². The average Bonchev–Trinajstić information content (AvgIpc) is 2.30. The quantitative estimate of drug-likeness (QED) is 0.871. The largest absolute Gasteiger partial charge is 0.481 e. The average molecular weight is 235 g/mol. The molecular formula is C14H21NO2. The van der Waals surface area contributed by atoms with Crippen LogP contribution in [0.25, 0.3) is 0 Å². The maximum atomic E-state index is 11.4. The molecule has 0 aliphatic heterocycles. The standard InChI is InChI=1S/C14H21NO2/c1-9(2)12-7-6-10(3)13(8-12)17-11(4)14(16)15-5/h6-9,11H,1-5H3,(H,15,16). The Hall–Kier alpha value is -1.51. The topological polar surface area (TPSA) is 38.3 Å². The van der Waals surface area contributed by atoms with Crippen LogP contribution in [0.5, 0.6) is 5.75 Å². The summed E-state index contributed by atoms with van der Waals surface area (Å²) in [5, 5.41) is 2.58. The van der Waals surface area contributed by atoms with Gasteiger partial charge in [0.1, 0.15) is 5.75 Å². The summed E-state index contributed by atoms with van der Waals surface area (Å²) >= 11 is 0. The third-order valence-corrected chi connectivity index (χ3v) is 2.80. The van der Waals surface area contributed by atoms with Crippen molar-refractivity contribution in [1.82, 2.24) is 5.32 Å². The maximum absolute atomic E-state index is 11.4. The minimum Gasteiger partial charge on any atom is -0.481 e. The van der Waals surface area contributed by atoms with Gasteiger partial charge >= 0.3 is 0 Å². The van der Waals surface area contributed by atoms with Crippen molar-refractivity contribution in [3.63, 3.8) is 0 Å². The van der Waals surface area contributed by atoms with Crippen LogP contribution in [0.2, 0.25) is 0 Å². The van der Waals surface area contributed by atoms with E-state index in [9.17, 15) is 4.79 Å². The molecule has 1 atom stereocenters. The lowest BCUT2D eigenvalue weighted by atomic mass is 10.0. The SMILES string of the molecule is CNC(=O)C(C)Oc1cc(C(C)C)ccc1C. The first-order valence-corrected chi connectivity index (χ1v) is 5.94. The zero-order chi connectivity index (χ0) is 13.0. The summed E-state index contributed by atoms with van der Waals surface area (Å²) in [5.41, 5.74) is 2.26. The molecule has 0 aliphatic rings. The maximum Gasteiger partial charge on any atom is 0.260 e. The fourth-order valence-electron chi connectivity index (χ4n) is 1.55. The molecule has 1 aromatic rings. The number of aryl methyl sites for hydroxylation is 1. The van der Waals surface area contributed by atoms with Gasteiger partial charge in [0.25, 0.3) is 5.91 Å². The highest BCUT2D eigenvalue weighted by Crippen LogP contribution is 2.25. The van der Waals surface area contributed by atoms with E-state index in [-0.39, 0.29) is 5.91 Å². The van der Waals surface area contributed by atoms with Crippen LogP contribution in [0.1, 0.15) is 37.8 Å². The first-order valence-electron chi connectivity index (χ1n) is 5.94. The van der Waals surface area contributed by atoms with Crippen molar-refractivity contribution in [2.24, 2.45) is 0 Å². The summed E-state index contributed by atoms with van der Waals surface area (Å²) in [4.78, 5) is 11.4. The molecule has 0 spiro atoms. The second-order valence-corrected chi connectivity index (χ2v) is 4.55. The van der Waals surface area contributed by atoms with Crippen LogP contribution in [0.4, 0.5) is 0 Å². The Bertz CT molecular complexity index is 399. The lowest BCUT2D eigenvalue weighted by molar-refractivity contribution is -0.126. The van der Waals surface area contributed by atoms with Crippen LogP contribution >= 0.6 is 0 Å². The van der Waals surface area contributed by atoms with Crippen molar-refractivity contribution in [3.05, 3.63) is 29.3 Å². The third-order valence-electron chi connectivity index (χ3n) is 2.80. The van der Waals surface area contributed by atoms with Gasteiger partial charge in [0.15, 0.2) is 6.10 Å². The Balaban J connectivity index is 2.89. The highest BCUT2D eigenvalue weighted by atomic mass is 16.5. The molecule has 1 unspecified atom stereocenters. The van der Waals surface area contributed by atoms with E-state index in [0.29, 0.717) is 5.92 Å². The Morgan fingerprint density at radius 1 is 1.29 bits per heavy atom. The Kier molecular flexibility index (Phi) is 4.55. The molecule has 0 aromatic heterocycles. The molecule has 0 heterocycles. The predicted octanol–water partition coefficient (Wildman–Crippen LogP) is 2.63. The molecule has 0 radical (unpaired) electrons. The number of benzene rings is 1. The number of ether oxygens (including phenoxy) is 1. The first kappa shape index (κ1) is 13.6. The molecule has 1 aromatic carbocycles. The minimum absolute atomic E-state index is 0.112. The molecule has 0 aliphatic carbocycles. The van der Waals surface area contributed by atoms with Crippen molar-refractivity contribution in [2.75, 3.05) is 7.05 Å². The Morgan fingerprint density at radius 2 is 1.94 bits per heavy atom. The zero-order valence-electron chi connectivity index (χ0n) is 11.2. The monoisotopic (exact) mass is 235 g/mol. The van der Waals surface area contributed by atoms with E-state index in [1.165, 1.54) is 5.56 Å². The van der Waals surface area contributed by atoms with Crippen LogP contribution in [0.15, 0.2) is 18.2 Å². The summed E-state index contributed by atoms with van der Waals surface area (Å²) in [7, 11) is 1.61. The van der Waals surface area contributed by atoms with Crippen LogP contribution in [0, 0.1) is 6.92 Å². The highest BCUT2D eigenvalue weighted by molar-refractivity contribution is 5.80. The summed E-state index contributed by atoms with van der Waals surface area (Å²) in [6.45, 7) is 8.00. The molecule has 1 rings (SSSR count). The molecule has 3 heteroatoms. The van der Waals surface area contributed by atoms with Crippen LogP contribution in [0.3, 0.4) is 0 Å². The third kappa shape index (κ3) is 3.48. The summed E-state index contributed by atoms with van der Waals surface area (Å²) in [6, 6.07) is 6.14. The van der Waals surface area contributed by atoms with Gasteiger partial charge in [-0.05, 0) is 37.0 Å². The molecule has 0 fully saturated rings. The van der Waals surface area contributed by atoms with Gasteiger partial charge in [0.2, 0.25) is 0 Å². The fraction of sp³-hybridized carbons (Fsp3) is 0.500. The molecule has 1 amide bonds. The van der Waals surface area contributed by atoms with Gasteiger partial charge in [0.05, 0.1) is 0 Å². The van der Waals surface area contributed by atoms with Crippen LogP contribution in [-0.2, 0) is 4.79 Å². The molecule has 94 valence electrons. The van der Waals surface area contributed by atoms with E-state index >= 15 is 0 Å². The van der Waals surface area contributed by atoms with E-state index in [1.54, 1.807) is 14.0 Å². The lowest BCUT2D eigenvalue weighted by Crippen LogP contribution is -2.33. The van der Waals surface area contributed by atoms with Gasteiger partial charge in [-0.3, -0.25) is 4.79 Å². The van der Waals surface area contributed by atoms with Crippen molar-refractivity contribution in [3.8, 4) is 5.75 Å². The lowest BCUT2D eigenvalue weighted by Gasteiger charge is -2.16. The normalized spacial score (nSPS) is 12.4. The summed E-state index contributed by atoms with van der Waals surface area (Å²) in [5.74, 6) is 1.12. The van der Waals surface area contributed by atoms with Gasteiger partial charge in [-0.1, -0.05) is 26.0 Å². The summed E-state index contributed by atoms with van der Waals surface area (Å²) < 4.78 is 5.68. The predicted molar refractivity (Wildman–Crippen MR) is 69.4 cm³/mol. The molecule has 0 saturated carbocycles. The van der Waals surface area contributed by atoms with Crippen molar-refractivity contribution in [1.29, 1.82) is 0 Å². The summed E-state index contributed by atoms with van der Waals surface area (Å²) in [6.07, 6.45) is -0.471. The number of carbonyl (C=O) groups is 1. The smallest absolute Gasteiger partial charge is 0.260 e. The van der Waals surface area contributed by atoms with Crippen molar-refractivity contribution >= 4 is 5.91 Å². The van der Waals surface area contributed by atoms with E-state index < -0.39 is 6.10 Å². The van der Waals surface area contributed by atoms with E-state index in [1.807, 2.05) is 19.1 Å². The second kappa shape index (κ2) is 5.71. The molecule has 0 bridgehead atoms. The van der Waals surface area contributed by atoms with Gasteiger partial charge in [-0.25, -0.2) is 0 Å².